The number of aromatic nitrogens is 1. The Morgan fingerprint density at radius 1 is 1.15 bits per heavy atom. The fraction of sp³-hybridized carbons (Fsp3) is 0.250. The first-order valence-corrected chi connectivity index (χ1v) is 8.45. The van der Waals surface area contributed by atoms with Crippen LogP contribution >= 0.6 is 0 Å². The number of ether oxygens (including phenoxy) is 1. The Kier molecular flexibility index (Phi) is 4.42. The third kappa shape index (κ3) is 3.32. The van der Waals surface area contributed by atoms with Gasteiger partial charge in [-0.3, -0.25) is 4.90 Å². The van der Waals surface area contributed by atoms with E-state index in [-0.39, 0.29) is 11.5 Å². The molecule has 1 aliphatic rings. The van der Waals surface area contributed by atoms with E-state index in [1.54, 1.807) is 6.92 Å². The molecule has 4 nitrogen and oxygen atoms in total. The van der Waals surface area contributed by atoms with Crippen LogP contribution < -0.4 is 4.74 Å². The number of hydrogen-bond donors (Lipinski definition) is 0. The lowest BCUT2D eigenvalue weighted by Gasteiger charge is -2.17. The zero-order valence-electron chi connectivity index (χ0n) is 14.3. The average Bonchev–Trinajstić information content (AvgIpc) is 2.84. The summed E-state index contributed by atoms with van der Waals surface area (Å²) >= 11 is 0. The Bertz CT molecular complexity index is 939. The lowest BCUT2D eigenvalue weighted by molar-refractivity contribution is 0.217. The molecular weight excluding hydrogens is 338 g/mol. The highest BCUT2D eigenvalue weighted by molar-refractivity contribution is 5.54. The van der Waals surface area contributed by atoms with Gasteiger partial charge in [0.1, 0.15) is 29.8 Å². The third-order valence-corrected chi connectivity index (χ3v) is 4.46. The number of para-hydroxylation sites is 1. The van der Waals surface area contributed by atoms with E-state index in [0.717, 1.165) is 36.2 Å². The number of hydrogen-bond acceptors (Lipinski definition) is 4. The molecule has 0 saturated carbocycles. The highest BCUT2D eigenvalue weighted by Gasteiger charge is 2.20. The summed E-state index contributed by atoms with van der Waals surface area (Å²) in [5.41, 5.74) is 2.02. The van der Waals surface area contributed by atoms with E-state index < -0.39 is 11.6 Å². The summed E-state index contributed by atoms with van der Waals surface area (Å²) in [6.45, 7) is 4.45. The van der Waals surface area contributed by atoms with Crippen LogP contribution in [0.25, 0.3) is 11.5 Å². The number of halogens is 2. The molecular formula is C20H18F2N2O2. The van der Waals surface area contributed by atoms with Crippen molar-refractivity contribution in [2.75, 3.05) is 13.2 Å². The van der Waals surface area contributed by atoms with Crippen molar-refractivity contribution < 1.29 is 17.9 Å². The van der Waals surface area contributed by atoms with Crippen LogP contribution in [0.4, 0.5) is 8.78 Å². The molecule has 0 spiro atoms. The summed E-state index contributed by atoms with van der Waals surface area (Å²) in [6.07, 6.45) is 0. The molecule has 1 aliphatic heterocycles. The van der Waals surface area contributed by atoms with Crippen molar-refractivity contribution in [3.63, 3.8) is 0 Å². The van der Waals surface area contributed by atoms with E-state index in [1.165, 1.54) is 12.1 Å². The van der Waals surface area contributed by atoms with Crippen LogP contribution in [0.15, 0.2) is 46.9 Å². The molecule has 0 amide bonds. The molecule has 2 aromatic carbocycles. The van der Waals surface area contributed by atoms with Crippen LogP contribution in [0.2, 0.25) is 0 Å². The van der Waals surface area contributed by atoms with Crippen LogP contribution in [0.3, 0.4) is 0 Å². The van der Waals surface area contributed by atoms with Gasteiger partial charge in [-0.1, -0.05) is 18.2 Å². The molecule has 0 aliphatic carbocycles. The molecule has 0 unspecified atom stereocenters. The molecule has 0 N–H and O–H groups in total. The van der Waals surface area contributed by atoms with Crippen molar-refractivity contribution >= 4 is 0 Å². The Hall–Kier alpha value is -2.73. The smallest absolute Gasteiger partial charge is 0.229 e. The Labute approximate surface area is 150 Å². The van der Waals surface area contributed by atoms with Crippen LogP contribution in [0.1, 0.15) is 17.0 Å². The zero-order chi connectivity index (χ0) is 18.1. The second-order valence-corrected chi connectivity index (χ2v) is 6.31. The van der Waals surface area contributed by atoms with E-state index in [1.807, 2.05) is 24.3 Å². The molecule has 4 rings (SSSR count). The van der Waals surface area contributed by atoms with Gasteiger partial charge in [-0.2, -0.15) is 0 Å². The molecule has 26 heavy (non-hydrogen) atoms. The quantitative estimate of drug-likeness (QED) is 0.700. The Morgan fingerprint density at radius 2 is 2.00 bits per heavy atom. The number of benzene rings is 2. The fourth-order valence-corrected chi connectivity index (χ4v) is 3.08. The van der Waals surface area contributed by atoms with Crippen LogP contribution in [0.5, 0.6) is 5.75 Å². The van der Waals surface area contributed by atoms with Gasteiger partial charge in [0.2, 0.25) is 5.89 Å². The first-order chi connectivity index (χ1) is 12.6. The molecule has 2 heterocycles. The van der Waals surface area contributed by atoms with Crippen molar-refractivity contribution in [2.45, 2.75) is 20.0 Å². The van der Waals surface area contributed by atoms with Gasteiger partial charge < -0.3 is 9.15 Å². The largest absolute Gasteiger partial charge is 0.492 e. The van der Waals surface area contributed by atoms with Crippen molar-refractivity contribution in [3.8, 4) is 17.2 Å². The van der Waals surface area contributed by atoms with Crippen molar-refractivity contribution in [3.05, 3.63) is 71.1 Å². The van der Waals surface area contributed by atoms with Gasteiger partial charge in [0.15, 0.2) is 0 Å². The average molecular weight is 356 g/mol. The number of rotatable bonds is 3. The molecule has 3 aromatic rings. The van der Waals surface area contributed by atoms with E-state index >= 15 is 0 Å². The molecule has 0 atom stereocenters. The summed E-state index contributed by atoms with van der Waals surface area (Å²) < 4.78 is 38.5. The lowest BCUT2D eigenvalue weighted by atomic mass is 10.2. The predicted octanol–water partition coefficient (Wildman–Crippen LogP) is 4.32. The molecule has 1 aromatic heterocycles. The van der Waals surface area contributed by atoms with Crippen LogP contribution in [0, 0.1) is 18.6 Å². The van der Waals surface area contributed by atoms with Crippen molar-refractivity contribution in [1.82, 2.24) is 9.88 Å². The molecule has 6 heteroatoms. The Morgan fingerprint density at radius 3 is 2.85 bits per heavy atom. The lowest BCUT2D eigenvalue weighted by Crippen LogP contribution is -2.25. The molecule has 0 fully saturated rings. The second kappa shape index (κ2) is 6.88. The maximum atomic E-state index is 14.0. The van der Waals surface area contributed by atoms with E-state index in [4.69, 9.17) is 9.15 Å². The molecule has 0 bridgehead atoms. The van der Waals surface area contributed by atoms with Gasteiger partial charge in [0.25, 0.3) is 0 Å². The summed E-state index contributed by atoms with van der Waals surface area (Å²) in [4.78, 5) is 6.65. The van der Waals surface area contributed by atoms with Gasteiger partial charge in [0, 0.05) is 31.3 Å². The van der Waals surface area contributed by atoms with Gasteiger partial charge in [0.05, 0.1) is 11.3 Å². The third-order valence-electron chi connectivity index (χ3n) is 4.46. The predicted molar refractivity (Wildman–Crippen MR) is 92.6 cm³/mol. The van der Waals surface area contributed by atoms with Gasteiger partial charge in [-0.15, -0.1) is 0 Å². The van der Waals surface area contributed by atoms with Crippen molar-refractivity contribution in [1.29, 1.82) is 0 Å². The monoisotopic (exact) mass is 356 g/mol. The summed E-state index contributed by atoms with van der Waals surface area (Å²) in [5.74, 6) is 0.387. The SMILES string of the molecule is Cc1oc(-c2ccc(F)cc2F)nc1CN1CCOc2ccccc2C1. The maximum absolute atomic E-state index is 14.0. The summed E-state index contributed by atoms with van der Waals surface area (Å²) in [5, 5.41) is 0. The molecule has 0 radical (unpaired) electrons. The standard InChI is InChI=1S/C20H18F2N2O2/c1-13-18(23-20(26-13)16-7-6-15(21)10-17(16)22)12-24-8-9-25-19-5-3-2-4-14(19)11-24/h2-7,10H,8-9,11-12H2,1H3. The highest BCUT2D eigenvalue weighted by atomic mass is 19.1. The number of fused-ring (bicyclic) bond motifs is 1. The first-order valence-electron chi connectivity index (χ1n) is 8.45. The highest BCUT2D eigenvalue weighted by Crippen LogP contribution is 2.27. The van der Waals surface area contributed by atoms with Crippen molar-refractivity contribution in [2.24, 2.45) is 0 Å². The number of nitrogens with zero attached hydrogens (tertiary/aromatic N) is 2. The molecule has 0 saturated heterocycles. The van der Waals surface area contributed by atoms with Gasteiger partial charge >= 0.3 is 0 Å². The maximum Gasteiger partial charge on any atom is 0.229 e. The first kappa shape index (κ1) is 16.7. The fourth-order valence-electron chi connectivity index (χ4n) is 3.08. The summed E-state index contributed by atoms with van der Waals surface area (Å²) in [6, 6.07) is 11.3. The minimum atomic E-state index is -0.685. The number of aryl methyl sites for hydroxylation is 1. The summed E-state index contributed by atoms with van der Waals surface area (Å²) in [7, 11) is 0. The van der Waals surface area contributed by atoms with Crippen LogP contribution in [-0.4, -0.2) is 23.0 Å². The normalized spacial score (nSPS) is 14.6. The molecule has 134 valence electrons. The van der Waals surface area contributed by atoms with Gasteiger partial charge in [-0.05, 0) is 25.1 Å². The van der Waals surface area contributed by atoms with Crippen LogP contribution in [-0.2, 0) is 13.1 Å². The van der Waals surface area contributed by atoms with E-state index in [9.17, 15) is 8.78 Å². The van der Waals surface area contributed by atoms with E-state index in [2.05, 4.69) is 9.88 Å². The second-order valence-electron chi connectivity index (χ2n) is 6.31. The number of oxazole rings is 1. The Balaban J connectivity index is 1.57. The zero-order valence-corrected chi connectivity index (χ0v) is 14.3. The minimum absolute atomic E-state index is 0.158. The topological polar surface area (TPSA) is 38.5 Å². The van der Waals surface area contributed by atoms with E-state index in [0.29, 0.717) is 18.9 Å². The van der Waals surface area contributed by atoms with Gasteiger partial charge in [-0.25, -0.2) is 13.8 Å². The minimum Gasteiger partial charge on any atom is -0.492 e.